The number of nitrogens with zero attached hydrogens (tertiary/aromatic N) is 3. The Morgan fingerprint density at radius 2 is 0.558 bits per heavy atom. The van der Waals surface area contributed by atoms with E-state index in [0.717, 1.165) is 130 Å². The van der Waals surface area contributed by atoms with Gasteiger partial charge in [-0.25, -0.2) is 0 Å². The maximum absolute atomic E-state index is 6.22. The van der Waals surface area contributed by atoms with Crippen LogP contribution in [0.15, 0.2) is 388 Å². The van der Waals surface area contributed by atoms with E-state index in [1.54, 1.807) is 0 Å². The summed E-state index contributed by atoms with van der Waals surface area (Å²) in [6.45, 7) is 0. The predicted octanol–water partition coefficient (Wildman–Crippen LogP) is 33.8. The Bertz CT molecular complexity index is 7650. The molecule has 0 spiro atoms. The van der Waals surface area contributed by atoms with E-state index in [9.17, 15) is 0 Å². The summed E-state index contributed by atoms with van der Waals surface area (Å²) < 4.78 is 29.4. The summed E-state index contributed by atoms with van der Waals surface area (Å²) in [5, 5.41) is 17.1. The first-order valence-electron chi connectivity index (χ1n) is 37.1. The molecule has 0 fully saturated rings. The van der Waals surface area contributed by atoms with Crippen molar-refractivity contribution in [1.82, 2.24) is 0 Å². The summed E-state index contributed by atoms with van der Waals surface area (Å²) in [4.78, 5) is 9.62. The monoisotopic (exact) mass is 1710 g/mol. The van der Waals surface area contributed by atoms with Crippen molar-refractivity contribution in [2.45, 2.75) is 9.79 Å². The van der Waals surface area contributed by atoms with Crippen LogP contribution in [0.2, 0.25) is 0 Å². The van der Waals surface area contributed by atoms with Gasteiger partial charge >= 0.3 is 0 Å². The van der Waals surface area contributed by atoms with Crippen LogP contribution >= 0.6 is 93.6 Å². The fraction of sp³-hybridized carbons (Fsp3) is 0. The normalized spacial score (nSPS) is 12.0. The highest BCUT2D eigenvalue weighted by Crippen LogP contribution is 2.52. The van der Waals surface area contributed by atoms with Crippen LogP contribution in [0.5, 0.6) is 0 Å². The van der Waals surface area contributed by atoms with Gasteiger partial charge in [0, 0.05) is 173 Å². The molecule has 0 unspecified atom stereocenters. The number of fused-ring (bicyclic) bond motifs is 20. The fourth-order valence-electron chi connectivity index (χ4n) is 16.4. The molecule has 13 heteroatoms. The molecule has 6 aromatic heterocycles. The Morgan fingerprint density at radius 3 is 1.04 bits per heavy atom. The number of halogens is 3. The van der Waals surface area contributed by atoms with Crippen molar-refractivity contribution < 1.29 is 13.3 Å². The average molecular weight is 1720 g/mol. The van der Waals surface area contributed by atoms with E-state index in [4.69, 9.17) is 13.3 Å². The van der Waals surface area contributed by atoms with Crippen molar-refractivity contribution in [2.24, 2.45) is 0 Å². The van der Waals surface area contributed by atoms with Crippen LogP contribution in [-0.2, 0) is 0 Å². The molecule has 1 aliphatic heterocycles. The van der Waals surface area contributed by atoms with Crippen molar-refractivity contribution >= 4 is 282 Å². The Kier molecular flexibility index (Phi) is 16.8. The molecule has 0 aliphatic carbocycles. The quantitative estimate of drug-likeness (QED) is 0.143. The molecular formula is C100H58Br3N3O3S4. The third-order valence-corrected chi connectivity index (χ3v) is 27.5. The largest absolute Gasteiger partial charge is 0.456 e. The van der Waals surface area contributed by atoms with Gasteiger partial charge < -0.3 is 28.0 Å². The molecule has 24 rings (SSSR count). The van der Waals surface area contributed by atoms with Gasteiger partial charge in [0.2, 0.25) is 0 Å². The van der Waals surface area contributed by atoms with Gasteiger partial charge in [0.1, 0.15) is 33.5 Å². The van der Waals surface area contributed by atoms with Crippen molar-refractivity contribution in [3.05, 3.63) is 365 Å². The molecular weight excluding hydrogens is 1660 g/mol. The van der Waals surface area contributed by atoms with Crippen molar-refractivity contribution in [2.75, 3.05) is 14.7 Å². The van der Waals surface area contributed by atoms with Crippen LogP contribution in [0.1, 0.15) is 0 Å². The topological polar surface area (TPSA) is 49.1 Å². The first-order valence-corrected chi connectivity index (χ1v) is 42.8. The molecule has 6 nitrogen and oxygen atoms in total. The van der Waals surface area contributed by atoms with Gasteiger partial charge in [-0.2, -0.15) is 0 Å². The maximum atomic E-state index is 6.22. The fourth-order valence-corrected chi connectivity index (χ4v) is 21.9. The third kappa shape index (κ3) is 12.1. The van der Waals surface area contributed by atoms with E-state index in [1.165, 1.54) is 92.2 Å². The first-order chi connectivity index (χ1) is 55.7. The van der Waals surface area contributed by atoms with Gasteiger partial charge in [0.25, 0.3) is 0 Å². The second kappa shape index (κ2) is 27.9. The lowest BCUT2D eigenvalue weighted by atomic mass is 9.97. The molecule has 7 heterocycles. The van der Waals surface area contributed by atoms with Gasteiger partial charge in [-0.1, -0.05) is 193 Å². The lowest BCUT2D eigenvalue weighted by Crippen LogP contribution is -2.10. The SMILES string of the molecule is Brc1ccc2c(c1)oc1ccc(N(c3ccc4sc5ccccc5c4c3)c3ccc4sc5ccccc5c4c3)cc12.Brc1ccc2c(c1)oc1ccc(N(c3ccccc3)c3ccc4c(c3)Sc3cccc5cccc-4c35)cc12.Brc1ccc2c(c1)oc1ccc(N(c3ccccc3)c3ccc4c(c3)sc3ccccc34)cc12. The molecule has 113 heavy (non-hydrogen) atoms. The van der Waals surface area contributed by atoms with Gasteiger partial charge in [-0.05, 0) is 235 Å². The Balaban J connectivity index is 0.000000104. The molecule has 0 N–H and O–H groups in total. The zero-order valence-electron chi connectivity index (χ0n) is 59.8. The number of thiophene rings is 3. The van der Waals surface area contributed by atoms with E-state index in [-0.39, 0.29) is 0 Å². The van der Waals surface area contributed by atoms with E-state index >= 15 is 0 Å². The molecule has 536 valence electrons. The zero-order valence-corrected chi connectivity index (χ0v) is 67.8. The molecule has 1 aliphatic rings. The van der Waals surface area contributed by atoms with Gasteiger partial charge in [0.15, 0.2) is 0 Å². The van der Waals surface area contributed by atoms with Crippen molar-refractivity contribution in [1.29, 1.82) is 0 Å². The number of hydrogen-bond acceptors (Lipinski definition) is 10. The number of anilines is 9. The van der Waals surface area contributed by atoms with E-state index in [0.29, 0.717) is 0 Å². The van der Waals surface area contributed by atoms with Gasteiger partial charge in [0.05, 0.1) is 0 Å². The van der Waals surface area contributed by atoms with Crippen LogP contribution in [-0.4, -0.2) is 0 Å². The number of para-hydroxylation sites is 2. The number of benzene rings is 17. The van der Waals surface area contributed by atoms with Gasteiger partial charge in [-0.15, -0.1) is 34.0 Å². The minimum atomic E-state index is 0.885. The third-order valence-electron chi connectivity index (χ3n) is 21.5. The number of rotatable bonds is 9. The second-order valence-electron chi connectivity index (χ2n) is 28.2. The summed E-state index contributed by atoms with van der Waals surface area (Å²) in [5.74, 6) is 0. The molecule has 0 atom stereocenters. The standard InChI is InChI=1S/C36H20BrNOS2.C34H20BrNOS.C30H18BrNOS/c37-21-9-13-25-28-18-22(10-14-31(28)39-32(25)17-21)38(23-11-15-35-29(19-23)26-5-1-3-7-33(26)40-35)24-12-16-36-30(20-24)27-6-2-4-8-34(27)41-36;35-22-12-15-26-29-19-24(14-17-30(29)37-31(26)18-22)36(23-8-2-1-3-9-23)25-13-16-27-28-10-4-6-21-7-5-11-32(34(21)28)38-33(27)20-25;31-19-10-13-23-26-17-21(12-15-27(26)33-28(23)16-19)32(20-6-2-1-3-7-20)22-11-14-25-24-8-4-5-9-29(24)34-30(25)18-22/h1-20H;1-20H;1-18H. The lowest BCUT2D eigenvalue weighted by molar-refractivity contribution is 0.668. The average Bonchev–Trinajstić information content (AvgIpc) is 1.74. The van der Waals surface area contributed by atoms with Crippen LogP contribution in [0, 0.1) is 0 Å². The zero-order chi connectivity index (χ0) is 74.9. The highest BCUT2D eigenvalue weighted by Gasteiger charge is 2.25. The summed E-state index contributed by atoms with van der Waals surface area (Å²) in [7, 11) is 0. The van der Waals surface area contributed by atoms with E-state index in [1.807, 2.05) is 64.0 Å². The summed E-state index contributed by atoms with van der Waals surface area (Å²) in [6, 6.07) is 126. The van der Waals surface area contributed by atoms with Crippen LogP contribution in [0.25, 0.3) is 148 Å². The second-order valence-corrected chi connectivity index (χ2v) is 35.3. The van der Waals surface area contributed by atoms with Crippen LogP contribution < -0.4 is 14.7 Å². The highest BCUT2D eigenvalue weighted by atomic mass is 79.9. The minimum absolute atomic E-state index is 0.885. The van der Waals surface area contributed by atoms with E-state index < -0.39 is 0 Å². The molecule has 0 saturated carbocycles. The molecule has 0 bridgehead atoms. The summed E-state index contributed by atoms with van der Waals surface area (Å²) >= 11 is 18.1. The molecule has 0 amide bonds. The number of furan rings is 3. The Hall–Kier alpha value is -11.8. The predicted molar refractivity (Wildman–Crippen MR) is 494 cm³/mol. The number of hydrogen-bond donors (Lipinski definition) is 0. The first kappa shape index (κ1) is 68.1. The molecule has 0 saturated heterocycles. The highest BCUT2D eigenvalue weighted by molar-refractivity contribution is 9.11. The summed E-state index contributed by atoms with van der Waals surface area (Å²) in [6.07, 6.45) is 0. The van der Waals surface area contributed by atoms with E-state index in [2.05, 4.69) is 396 Å². The minimum Gasteiger partial charge on any atom is -0.456 e. The molecule has 0 radical (unpaired) electrons. The van der Waals surface area contributed by atoms with Gasteiger partial charge in [-0.3, -0.25) is 0 Å². The summed E-state index contributed by atoms with van der Waals surface area (Å²) in [5.41, 5.74) is 18.0. The Labute approximate surface area is 689 Å². The Morgan fingerprint density at radius 1 is 0.204 bits per heavy atom. The van der Waals surface area contributed by atoms with Crippen LogP contribution in [0.3, 0.4) is 0 Å². The van der Waals surface area contributed by atoms with Crippen molar-refractivity contribution in [3.63, 3.8) is 0 Å². The maximum Gasteiger partial charge on any atom is 0.136 e. The van der Waals surface area contributed by atoms with Crippen LogP contribution in [0.4, 0.5) is 51.2 Å². The molecule has 23 aromatic rings. The van der Waals surface area contributed by atoms with Crippen molar-refractivity contribution in [3.8, 4) is 11.1 Å². The smallest absolute Gasteiger partial charge is 0.136 e. The lowest BCUT2D eigenvalue weighted by Gasteiger charge is -2.28. The molecule has 17 aromatic carbocycles.